The first kappa shape index (κ1) is 16.1. The Labute approximate surface area is 136 Å². The Balaban J connectivity index is 1.75. The highest BCUT2D eigenvalue weighted by Crippen LogP contribution is 2.37. The monoisotopic (exact) mass is 330 g/mol. The van der Waals surface area contributed by atoms with E-state index in [0.717, 1.165) is 6.07 Å². The maximum Gasteiger partial charge on any atom is 0.266 e. The fourth-order valence-corrected chi connectivity index (χ4v) is 2.88. The highest BCUT2D eigenvalue weighted by Gasteiger charge is 2.36. The molecule has 0 saturated heterocycles. The van der Waals surface area contributed by atoms with Crippen LogP contribution in [0.2, 0.25) is 0 Å². The molecule has 8 heteroatoms. The van der Waals surface area contributed by atoms with Crippen LogP contribution in [-0.2, 0) is 11.2 Å². The van der Waals surface area contributed by atoms with E-state index < -0.39 is 11.1 Å². The molecule has 2 heterocycles. The van der Waals surface area contributed by atoms with Gasteiger partial charge in [0, 0.05) is 17.8 Å². The molecule has 1 fully saturated rings. The molecule has 0 unspecified atom stereocenters. The molecule has 1 amide bonds. The van der Waals surface area contributed by atoms with Gasteiger partial charge in [-0.2, -0.15) is 0 Å². The second-order valence-electron chi connectivity index (χ2n) is 5.97. The molecule has 3 rings (SSSR count). The number of aromatic amines is 2. The van der Waals surface area contributed by atoms with E-state index in [1.54, 1.807) is 12.3 Å². The van der Waals surface area contributed by atoms with Crippen molar-refractivity contribution in [3.05, 3.63) is 62.4 Å². The van der Waals surface area contributed by atoms with Crippen LogP contribution in [-0.4, -0.2) is 32.3 Å². The summed E-state index contributed by atoms with van der Waals surface area (Å²) >= 11 is 0. The Bertz CT molecular complexity index is 824. The lowest BCUT2D eigenvalue weighted by atomic mass is 9.76. The predicted octanol–water partition coefficient (Wildman–Crippen LogP) is -0.371. The number of aliphatic hydroxyl groups is 1. The summed E-state index contributed by atoms with van der Waals surface area (Å²) in [5.74, 6) is -0.278. The minimum absolute atomic E-state index is 0.0938. The lowest BCUT2D eigenvalue weighted by Gasteiger charge is -2.37. The number of rotatable bonds is 5. The summed E-state index contributed by atoms with van der Waals surface area (Å²) in [6.45, 7) is 0. The molecule has 1 atom stereocenters. The van der Waals surface area contributed by atoms with Crippen molar-refractivity contribution in [2.45, 2.75) is 31.4 Å². The Morgan fingerprint density at radius 1 is 1.33 bits per heavy atom. The SMILES string of the molecule is O=C(Cc1cc(=O)[nH][nH]c1=O)N[C@@H](c1ccccn1)C1CC(O)C1. The number of H-pyrrole nitrogens is 2. The zero-order valence-corrected chi connectivity index (χ0v) is 12.9. The summed E-state index contributed by atoms with van der Waals surface area (Å²) in [6.07, 6.45) is 2.27. The van der Waals surface area contributed by atoms with Gasteiger partial charge in [-0.25, -0.2) is 0 Å². The molecule has 2 aromatic rings. The number of carbonyl (C=O) groups excluding carboxylic acids is 1. The number of aliphatic hydroxyl groups excluding tert-OH is 1. The Morgan fingerprint density at radius 2 is 2.12 bits per heavy atom. The Hall–Kier alpha value is -2.74. The van der Waals surface area contributed by atoms with Crippen LogP contribution in [0.4, 0.5) is 0 Å². The van der Waals surface area contributed by atoms with E-state index in [1.165, 1.54) is 0 Å². The van der Waals surface area contributed by atoms with Crippen molar-refractivity contribution in [1.82, 2.24) is 20.5 Å². The molecule has 0 spiro atoms. The third kappa shape index (κ3) is 3.60. The van der Waals surface area contributed by atoms with Crippen LogP contribution in [0.1, 0.15) is 30.1 Å². The van der Waals surface area contributed by atoms with Gasteiger partial charge in [0.15, 0.2) is 0 Å². The standard InChI is InChI=1S/C16H18N4O4/c21-11-5-9(6-11)15(12-3-1-2-4-17-12)18-13(22)7-10-8-14(23)19-20-16(10)24/h1-4,8-9,11,15,21H,5-7H2,(H,18,22)(H,19,23)(H,20,24)/t9?,11?,15-/m1/s1. The molecule has 0 radical (unpaired) electrons. The second kappa shape index (κ2) is 6.79. The normalized spacial score (nSPS) is 20.9. The summed E-state index contributed by atoms with van der Waals surface area (Å²) in [4.78, 5) is 39.5. The van der Waals surface area contributed by atoms with Crippen LogP contribution in [0.5, 0.6) is 0 Å². The molecule has 4 N–H and O–H groups in total. The first-order valence-corrected chi connectivity index (χ1v) is 7.72. The van der Waals surface area contributed by atoms with E-state index in [4.69, 9.17) is 0 Å². The lowest BCUT2D eigenvalue weighted by Crippen LogP contribution is -2.42. The first-order chi connectivity index (χ1) is 11.5. The van der Waals surface area contributed by atoms with Gasteiger partial charge in [0.1, 0.15) is 0 Å². The predicted molar refractivity (Wildman–Crippen MR) is 85.2 cm³/mol. The third-order valence-electron chi connectivity index (χ3n) is 4.19. The zero-order valence-electron chi connectivity index (χ0n) is 12.9. The molecule has 0 aromatic carbocycles. The van der Waals surface area contributed by atoms with Gasteiger partial charge < -0.3 is 10.4 Å². The van der Waals surface area contributed by atoms with Gasteiger partial charge in [0.25, 0.3) is 11.1 Å². The van der Waals surface area contributed by atoms with E-state index >= 15 is 0 Å². The van der Waals surface area contributed by atoms with Gasteiger partial charge in [-0.3, -0.25) is 29.6 Å². The number of aromatic nitrogens is 3. The lowest BCUT2D eigenvalue weighted by molar-refractivity contribution is -0.122. The van der Waals surface area contributed by atoms with E-state index in [0.29, 0.717) is 18.5 Å². The van der Waals surface area contributed by atoms with Crippen molar-refractivity contribution in [2.75, 3.05) is 0 Å². The Morgan fingerprint density at radius 3 is 2.79 bits per heavy atom. The molecule has 0 aliphatic heterocycles. The molecular formula is C16H18N4O4. The maximum atomic E-state index is 12.3. The van der Waals surface area contributed by atoms with Gasteiger partial charge in [-0.15, -0.1) is 0 Å². The van der Waals surface area contributed by atoms with Crippen molar-refractivity contribution in [3.8, 4) is 0 Å². The van der Waals surface area contributed by atoms with Crippen LogP contribution in [0, 0.1) is 5.92 Å². The minimum Gasteiger partial charge on any atom is -0.393 e. The molecule has 2 aromatic heterocycles. The molecule has 8 nitrogen and oxygen atoms in total. The van der Waals surface area contributed by atoms with Crippen molar-refractivity contribution in [2.24, 2.45) is 5.92 Å². The maximum absolute atomic E-state index is 12.3. The quantitative estimate of drug-likeness (QED) is 0.595. The van der Waals surface area contributed by atoms with E-state index in [-0.39, 0.29) is 36.0 Å². The zero-order chi connectivity index (χ0) is 17.1. The van der Waals surface area contributed by atoms with Gasteiger partial charge >= 0.3 is 0 Å². The summed E-state index contributed by atoms with van der Waals surface area (Å²) in [5.41, 5.74) is -0.161. The molecular weight excluding hydrogens is 312 g/mol. The second-order valence-corrected chi connectivity index (χ2v) is 5.97. The number of amides is 1. The van der Waals surface area contributed by atoms with Gasteiger partial charge in [-0.1, -0.05) is 6.07 Å². The number of nitrogens with zero attached hydrogens (tertiary/aromatic N) is 1. The molecule has 1 saturated carbocycles. The van der Waals surface area contributed by atoms with E-state index in [1.807, 2.05) is 12.1 Å². The van der Waals surface area contributed by atoms with Gasteiger partial charge in [0.2, 0.25) is 5.91 Å². The summed E-state index contributed by atoms with van der Waals surface area (Å²) in [7, 11) is 0. The van der Waals surface area contributed by atoms with E-state index in [2.05, 4.69) is 20.5 Å². The van der Waals surface area contributed by atoms with Crippen LogP contribution < -0.4 is 16.4 Å². The van der Waals surface area contributed by atoms with Crippen LogP contribution in [0.25, 0.3) is 0 Å². The largest absolute Gasteiger partial charge is 0.393 e. The van der Waals surface area contributed by atoms with Crippen molar-refractivity contribution in [1.29, 1.82) is 0 Å². The first-order valence-electron chi connectivity index (χ1n) is 7.72. The number of nitrogens with one attached hydrogen (secondary N) is 3. The fourth-order valence-electron chi connectivity index (χ4n) is 2.88. The average Bonchev–Trinajstić information content (AvgIpc) is 2.54. The van der Waals surface area contributed by atoms with Gasteiger partial charge in [0.05, 0.1) is 24.3 Å². The van der Waals surface area contributed by atoms with Crippen LogP contribution >= 0.6 is 0 Å². The summed E-state index contributed by atoms with van der Waals surface area (Å²) in [6, 6.07) is 6.21. The number of carbonyl (C=O) groups is 1. The molecule has 1 aliphatic carbocycles. The summed E-state index contributed by atoms with van der Waals surface area (Å²) < 4.78 is 0. The fraction of sp³-hybridized carbons (Fsp3) is 0.375. The van der Waals surface area contributed by atoms with Gasteiger partial charge in [-0.05, 0) is 30.9 Å². The van der Waals surface area contributed by atoms with Crippen molar-refractivity contribution in [3.63, 3.8) is 0 Å². The third-order valence-corrected chi connectivity index (χ3v) is 4.19. The smallest absolute Gasteiger partial charge is 0.266 e. The molecule has 24 heavy (non-hydrogen) atoms. The van der Waals surface area contributed by atoms with Crippen molar-refractivity contribution >= 4 is 5.91 Å². The molecule has 1 aliphatic rings. The minimum atomic E-state index is -0.502. The van der Waals surface area contributed by atoms with Crippen LogP contribution in [0.3, 0.4) is 0 Å². The van der Waals surface area contributed by atoms with E-state index in [9.17, 15) is 19.5 Å². The topological polar surface area (TPSA) is 128 Å². The van der Waals surface area contributed by atoms with Crippen LogP contribution in [0.15, 0.2) is 40.1 Å². The number of pyridine rings is 1. The number of hydrogen-bond acceptors (Lipinski definition) is 5. The highest BCUT2D eigenvalue weighted by molar-refractivity contribution is 5.78. The average molecular weight is 330 g/mol. The number of hydrogen-bond donors (Lipinski definition) is 4. The summed E-state index contributed by atoms with van der Waals surface area (Å²) in [5, 5.41) is 16.8. The highest BCUT2D eigenvalue weighted by atomic mass is 16.3. The molecule has 0 bridgehead atoms. The Kier molecular flexibility index (Phi) is 4.57. The molecule has 126 valence electrons. The van der Waals surface area contributed by atoms with Crippen molar-refractivity contribution < 1.29 is 9.90 Å².